The van der Waals surface area contributed by atoms with Crippen LogP contribution in [0, 0.1) is 5.92 Å². The fourth-order valence-electron chi connectivity index (χ4n) is 4.23. The van der Waals surface area contributed by atoms with Crippen molar-refractivity contribution in [2.24, 2.45) is 5.92 Å². The number of hydrogen-bond donors (Lipinski definition) is 4. The van der Waals surface area contributed by atoms with Crippen molar-refractivity contribution in [1.82, 2.24) is 9.88 Å². The molecular weight excluding hydrogens is 379 g/mol. The standard InChI is InChI=1S/C18H26F3N3O4/c19-18(20,21)12-3-4-22-6-13(12)23-5-1-2-11(7-23)8-24-9-15(26)17(28)16(27)14(24)10-25/h3-4,6,11,14-17,25-28H,1-2,5,7-10H2/t11-,14-,15-,16+,17+/m0/s1. The van der Waals surface area contributed by atoms with E-state index in [0.717, 1.165) is 18.7 Å². The van der Waals surface area contributed by atoms with Gasteiger partial charge in [0.15, 0.2) is 0 Å². The van der Waals surface area contributed by atoms with E-state index in [1.165, 1.54) is 6.20 Å². The van der Waals surface area contributed by atoms with Crippen LogP contribution in [0.5, 0.6) is 0 Å². The summed E-state index contributed by atoms with van der Waals surface area (Å²) >= 11 is 0. The quantitative estimate of drug-likeness (QED) is 0.563. The molecule has 0 radical (unpaired) electrons. The van der Waals surface area contributed by atoms with Crippen molar-refractivity contribution < 1.29 is 33.6 Å². The molecule has 0 aromatic carbocycles. The summed E-state index contributed by atoms with van der Waals surface area (Å²) in [6, 6.07) is 0.248. The molecule has 0 bridgehead atoms. The summed E-state index contributed by atoms with van der Waals surface area (Å²) in [4.78, 5) is 7.23. The number of aliphatic hydroxyl groups is 4. The molecule has 0 saturated carbocycles. The van der Waals surface area contributed by atoms with Crippen molar-refractivity contribution in [3.63, 3.8) is 0 Å². The van der Waals surface area contributed by atoms with E-state index in [2.05, 4.69) is 4.98 Å². The minimum Gasteiger partial charge on any atom is -0.395 e. The third kappa shape index (κ3) is 4.41. The van der Waals surface area contributed by atoms with E-state index in [9.17, 15) is 33.6 Å². The molecule has 4 N–H and O–H groups in total. The Bertz CT molecular complexity index is 663. The molecule has 0 amide bonds. The molecule has 1 aromatic heterocycles. The Labute approximate surface area is 161 Å². The Morgan fingerprint density at radius 3 is 2.57 bits per heavy atom. The molecule has 3 heterocycles. The number of aliphatic hydroxyl groups excluding tert-OH is 4. The summed E-state index contributed by atoms with van der Waals surface area (Å²) in [6.45, 7) is 0.948. The van der Waals surface area contributed by atoms with Crippen molar-refractivity contribution in [3.05, 3.63) is 24.0 Å². The predicted molar refractivity (Wildman–Crippen MR) is 94.6 cm³/mol. The highest BCUT2D eigenvalue weighted by atomic mass is 19.4. The molecule has 5 atom stereocenters. The van der Waals surface area contributed by atoms with Crippen LogP contribution in [0.2, 0.25) is 0 Å². The summed E-state index contributed by atoms with van der Waals surface area (Å²) < 4.78 is 40.0. The highest BCUT2D eigenvalue weighted by molar-refractivity contribution is 5.53. The number of aromatic nitrogens is 1. The number of nitrogens with zero attached hydrogens (tertiary/aromatic N) is 3. The van der Waals surface area contributed by atoms with E-state index in [-0.39, 0.29) is 24.8 Å². The highest BCUT2D eigenvalue weighted by Crippen LogP contribution is 2.37. The zero-order chi connectivity index (χ0) is 20.5. The largest absolute Gasteiger partial charge is 0.418 e. The third-order valence-electron chi connectivity index (χ3n) is 5.67. The molecule has 0 unspecified atom stereocenters. The van der Waals surface area contributed by atoms with Crippen LogP contribution in [0.1, 0.15) is 18.4 Å². The van der Waals surface area contributed by atoms with Crippen LogP contribution in [0.3, 0.4) is 0 Å². The zero-order valence-corrected chi connectivity index (χ0v) is 15.3. The summed E-state index contributed by atoms with van der Waals surface area (Å²) in [6.07, 6.45) is -4.40. The second kappa shape index (κ2) is 8.50. The summed E-state index contributed by atoms with van der Waals surface area (Å²) in [5, 5.41) is 39.4. The second-order valence-corrected chi connectivity index (χ2v) is 7.60. The van der Waals surface area contributed by atoms with Gasteiger partial charge in [-0.05, 0) is 24.8 Å². The molecule has 3 rings (SSSR count). The Morgan fingerprint density at radius 2 is 1.89 bits per heavy atom. The van der Waals surface area contributed by atoms with E-state index in [0.29, 0.717) is 26.1 Å². The van der Waals surface area contributed by atoms with Crippen molar-refractivity contribution in [2.75, 3.05) is 37.7 Å². The minimum absolute atomic E-state index is 0.0151. The summed E-state index contributed by atoms with van der Waals surface area (Å²) in [5.41, 5.74) is -0.670. The highest BCUT2D eigenvalue weighted by Gasteiger charge is 2.42. The van der Waals surface area contributed by atoms with Crippen LogP contribution in [-0.2, 0) is 6.18 Å². The monoisotopic (exact) mass is 405 g/mol. The van der Waals surface area contributed by atoms with Crippen LogP contribution in [0.4, 0.5) is 18.9 Å². The van der Waals surface area contributed by atoms with Crippen LogP contribution >= 0.6 is 0 Å². The normalized spacial score (nSPS) is 32.5. The van der Waals surface area contributed by atoms with Crippen molar-refractivity contribution >= 4 is 5.69 Å². The van der Waals surface area contributed by atoms with E-state index in [4.69, 9.17) is 0 Å². The molecule has 7 nitrogen and oxygen atoms in total. The topological polar surface area (TPSA) is 100 Å². The molecule has 10 heteroatoms. The fraction of sp³-hybridized carbons (Fsp3) is 0.722. The first-order chi connectivity index (χ1) is 13.2. The lowest BCUT2D eigenvalue weighted by atomic mass is 9.90. The number of rotatable bonds is 4. The molecule has 2 fully saturated rings. The first-order valence-electron chi connectivity index (χ1n) is 9.37. The summed E-state index contributed by atoms with van der Waals surface area (Å²) in [7, 11) is 0. The maximum absolute atomic E-state index is 13.3. The average Bonchev–Trinajstić information content (AvgIpc) is 2.66. The molecule has 28 heavy (non-hydrogen) atoms. The third-order valence-corrected chi connectivity index (χ3v) is 5.67. The van der Waals surface area contributed by atoms with E-state index < -0.39 is 36.1 Å². The summed E-state index contributed by atoms with van der Waals surface area (Å²) in [5.74, 6) is -0.0151. The molecule has 1 aromatic rings. The molecule has 2 aliphatic rings. The van der Waals surface area contributed by atoms with E-state index in [1.54, 1.807) is 9.80 Å². The minimum atomic E-state index is -4.47. The van der Waals surface area contributed by atoms with Gasteiger partial charge in [0.1, 0.15) is 12.2 Å². The van der Waals surface area contributed by atoms with Gasteiger partial charge in [-0.15, -0.1) is 0 Å². The van der Waals surface area contributed by atoms with E-state index >= 15 is 0 Å². The number of β-amino-alcohol motifs (C(OH)–C–C–N with tert-alkyl or cyclic N) is 1. The van der Waals surface area contributed by atoms with Crippen LogP contribution in [0.25, 0.3) is 0 Å². The number of hydrogen-bond acceptors (Lipinski definition) is 7. The van der Waals surface area contributed by atoms with Crippen molar-refractivity contribution in [1.29, 1.82) is 0 Å². The number of halogens is 3. The molecular formula is C18H26F3N3O4. The fourth-order valence-corrected chi connectivity index (χ4v) is 4.23. The van der Waals surface area contributed by atoms with Crippen LogP contribution in [-0.4, -0.2) is 87.4 Å². The molecule has 2 saturated heterocycles. The van der Waals surface area contributed by atoms with Gasteiger partial charge >= 0.3 is 6.18 Å². The maximum Gasteiger partial charge on any atom is 0.418 e. The number of piperidine rings is 2. The first kappa shape index (κ1) is 21.3. The van der Waals surface area contributed by atoms with E-state index in [1.807, 2.05) is 0 Å². The van der Waals surface area contributed by atoms with Crippen LogP contribution < -0.4 is 4.90 Å². The van der Waals surface area contributed by atoms with Gasteiger partial charge in [0, 0.05) is 32.4 Å². The van der Waals surface area contributed by atoms with Gasteiger partial charge in [-0.3, -0.25) is 9.88 Å². The van der Waals surface area contributed by atoms with Gasteiger partial charge in [-0.1, -0.05) is 0 Å². The average molecular weight is 405 g/mol. The van der Waals surface area contributed by atoms with Crippen molar-refractivity contribution in [3.8, 4) is 0 Å². The van der Waals surface area contributed by atoms with Gasteiger partial charge in [0.2, 0.25) is 0 Å². The molecule has 0 spiro atoms. The number of pyridine rings is 1. The Hall–Kier alpha value is -1.46. The molecule has 2 aliphatic heterocycles. The van der Waals surface area contributed by atoms with Gasteiger partial charge in [0.25, 0.3) is 0 Å². The molecule has 158 valence electrons. The molecule has 0 aliphatic carbocycles. The Morgan fingerprint density at radius 1 is 1.14 bits per heavy atom. The Balaban J connectivity index is 1.72. The predicted octanol–water partition coefficient (Wildman–Crippen LogP) is 0.0760. The maximum atomic E-state index is 13.3. The lowest BCUT2D eigenvalue weighted by Gasteiger charge is -2.45. The zero-order valence-electron chi connectivity index (χ0n) is 15.3. The Kier molecular flexibility index (Phi) is 6.45. The number of likely N-dealkylation sites (tertiary alicyclic amines) is 1. The first-order valence-corrected chi connectivity index (χ1v) is 9.37. The number of anilines is 1. The number of alkyl halides is 3. The van der Waals surface area contributed by atoms with Gasteiger partial charge < -0.3 is 25.3 Å². The smallest absolute Gasteiger partial charge is 0.395 e. The second-order valence-electron chi connectivity index (χ2n) is 7.60. The lowest BCUT2D eigenvalue weighted by molar-refractivity contribution is -0.147. The SMILES string of the molecule is OC[C@H]1[C@@H](O)[C@H](O)[C@@H](O)CN1C[C@H]1CCCN(c2cnccc2C(F)(F)F)C1. The van der Waals surface area contributed by atoms with Crippen molar-refractivity contribution in [2.45, 2.75) is 43.4 Å². The van der Waals surface area contributed by atoms with Gasteiger partial charge in [-0.25, -0.2) is 0 Å². The lowest BCUT2D eigenvalue weighted by Crippen LogP contribution is -2.63. The van der Waals surface area contributed by atoms with Crippen LogP contribution in [0.15, 0.2) is 18.5 Å². The van der Waals surface area contributed by atoms with Gasteiger partial charge in [0.05, 0.1) is 36.2 Å². The van der Waals surface area contributed by atoms with Gasteiger partial charge in [-0.2, -0.15) is 13.2 Å².